The Morgan fingerprint density at radius 1 is 1.03 bits per heavy atom. The van der Waals surface area contributed by atoms with Gasteiger partial charge in [0.1, 0.15) is 5.75 Å². The molecule has 3 aromatic rings. The fourth-order valence-corrected chi connectivity index (χ4v) is 4.99. The summed E-state index contributed by atoms with van der Waals surface area (Å²) >= 11 is 7.72. The molecule has 0 spiro atoms. The van der Waals surface area contributed by atoms with Gasteiger partial charge < -0.3 is 14.8 Å². The number of nitrogens with one attached hydrogen (secondary N) is 2. The lowest BCUT2D eigenvalue weighted by atomic mass is 10.3. The zero-order chi connectivity index (χ0) is 23.7. The summed E-state index contributed by atoms with van der Waals surface area (Å²) in [5.41, 5.74) is 0.662. The van der Waals surface area contributed by atoms with Crippen LogP contribution in [0.15, 0.2) is 87.5 Å². The normalized spacial score (nSPS) is 11.2. The summed E-state index contributed by atoms with van der Waals surface area (Å²) < 4.78 is 37.3. The monoisotopic (exact) mass is 506 g/mol. The molecule has 3 rings (SSSR count). The first-order valence-electron chi connectivity index (χ1n) is 9.92. The van der Waals surface area contributed by atoms with Crippen molar-refractivity contribution in [3.8, 4) is 5.75 Å². The molecule has 7 nitrogen and oxygen atoms in total. The summed E-state index contributed by atoms with van der Waals surface area (Å²) in [4.78, 5) is 14.4. The van der Waals surface area contributed by atoms with Gasteiger partial charge in [0.25, 0.3) is 5.91 Å². The Labute approximate surface area is 202 Å². The van der Waals surface area contributed by atoms with Crippen LogP contribution in [0.2, 0.25) is 5.02 Å². The van der Waals surface area contributed by atoms with Crippen molar-refractivity contribution in [1.29, 1.82) is 0 Å². The molecule has 10 heteroatoms. The molecule has 1 amide bonds. The van der Waals surface area contributed by atoms with Gasteiger partial charge in [0.15, 0.2) is 6.61 Å². The number of halogens is 1. The topological polar surface area (TPSA) is 93.7 Å². The Kier molecular flexibility index (Phi) is 9.16. The van der Waals surface area contributed by atoms with Gasteiger partial charge in [-0.25, -0.2) is 13.1 Å². The van der Waals surface area contributed by atoms with Crippen molar-refractivity contribution in [1.82, 2.24) is 4.72 Å². The van der Waals surface area contributed by atoms with Crippen molar-refractivity contribution in [2.75, 3.05) is 32.2 Å². The van der Waals surface area contributed by atoms with E-state index in [2.05, 4.69) is 10.0 Å². The first-order chi connectivity index (χ1) is 15.9. The second-order valence-corrected chi connectivity index (χ2v) is 10.0. The minimum absolute atomic E-state index is 0.00716. The SMILES string of the molecule is COCCNS(=O)(=O)c1ccc(OCC(=O)Nc2ccccc2Sc2ccccc2)c(Cl)c1. The van der Waals surface area contributed by atoms with Gasteiger partial charge in [-0.2, -0.15) is 0 Å². The number of carbonyl (C=O) groups excluding carboxylic acids is 1. The second kappa shape index (κ2) is 12.1. The highest BCUT2D eigenvalue weighted by atomic mass is 35.5. The van der Waals surface area contributed by atoms with E-state index in [1.54, 1.807) is 0 Å². The number of para-hydroxylation sites is 1. The predicted molar refractivity (Wildman–Crippen MR) is 130 cm³/mol. The van der Waals surface area contributed by atoms with Gasteiger partial charge in [0.2, 0.25) is 10.0 Å². The minimum atomic E-state index is -3.73. The van der Waals surface area contributed by atoms with E-state index in [4.69, 9.17) is 21.1 Å². The molecule has 0 saturated heterocycles. The Bertz CT molecular complexity index is 1190. The van der Waals surface area contributed by atoms with Crippen LogP contribution in [0.4, 0.5) is 5.69 Å². The molecule has 0 aliphatic rings. The molecule has 2 N–H and O–H groups in total. The third-order valence-corrected chi connectivity index (χ3v) is 7.14. The molecule has 0 aliphatic carbocycles. The largest absolute Gasteiger partial charge is 0.482 e. The van der Waals surface area contributed by atoms with Gasteiger partial charge in [-0.1, -0.05) is 53.7 Å². The fraction of sp³-hybridized carbons (Fsp3) is 0.174. The van der Waals surface area contributed by atoms with Crippen molar-refractivity contribution in [2.45, 2.75) is 14.7 Å². The number of hydrogen-bond donors (Lipinski definition) is 2. The molecular weight excluding hydrogens is 484 g/mol. The molecule has 0 unspecified atom stereocenters. The summed E-state index contributed by atoms with van der Waals surface area (Å²) in [6.07, 6.45) is 0. The Hall–Kier alpha value is -2.56. The summed E-state index contributed by atoms with van der Waals surface area (Å²) in [6, 6.07) is 21.4. The maximum atomic E-state index is 12.5. The van der Waals surface area contributed by atoms with Crippen LogP contribution in [0.25, 0.3) is 0 Å². The molecule has 0 fully saturated rings. The maximum absolute atomic E-state index is 12.5. The zero-order valence-corrected chi connectivity index (χ0v) is 20.2. The fourth-order valence-electron chi connectivity index (χ4n) is 2.73. The van der Waals surface area contributed by atoms with Crippen LogP contribution in [-0.4, -0.2) is 41.2 Å². The summed E-state index contributed by atoms with van der Waals surface area (Å²) in [5, 5.41) is 2.92. The Morgan fingerprint density at radius 3 is 2.48 bits per heavy atom. The number of hydrogen-bond acceptors (Lipinski definition) is 6. The van der Waals surface area contributed by atoms with Crippen molar-refractivity contribution >= 4 is 45.0 Å². The summed E-state index contributed by atoms with van der Waals surface area (Å²) in [7, 11) is -2.25. The third-order valence-electron chi connectivity index (χ3n) is 4.30. The summed E-state index contributed by atoms with van der Waals surface area (Å²) in [5.74, 6) is -0.167. The van der Waals surface area contributed by atoms with E-state index in [9.17, 15) is 13.2 Å². The number of anilines is 1. The molecule has 174 valence electrons. The minimum Gasteiger partial charge on any atom is -0.482 e. The highest BCUT2D eigenvalue weighted by Crippen LogP contribution is 2.33. The van der Waals surface area contributed by atoms with E-state index in [1.807, 2.05) is 54.6 Å². The van der Waals surface area contributed by atoms with Crippen molar-refractivity contribution in [2.24, 2.45) is 0 Å². The van der Waals surface area contributed by atoms with Gasteiger partial charge in [-0.3, -0.25) is 4.79 Å². The smallest absolute Gasteiger partial charge is 0.262 e. The van der Waals surface area contributed by atoms with Crippen LogP contribution in [-0.2, 0) is 19.6 Å². The van der Waals surface area contributed by atoms with E-state index >= 15 is 0 Å². The number of carbonyl (C=O) groups is 1. The zero-order valence-electron chi connectivity index (χ0n) is 17.8. The lowest BCUT2D eigenvalue weighted by Gasteiger charge is -2.13. The van der Waals surface area contributed by atoms with E-state index < -0.39 is 10.0 Å². The maximum Gasteiger partial charge on any atom is 0.262 e. The van der Waals surface area contributed by atoms with Gasteiger partial charge >= 0.3 is 0 Å². The van der Waals surface area contributed by atoms with Crippen LogP contribution in [0, 0.1) is 0 Å². The van der Waals surface area contributed by atoms with Crippen LogP contribution >= 0.6 is 23.4 Å². The van der Waals surface area contributed by atoms with Crippen molar-refractivity contribution < 1.29 is 22.7 Å². The number of sulfonamides is 1. The second-order valence-electron chi connectivity index (χ2n) is 6.73. The van der Waals surface area contributed by atoms with Crippen LogP contribution in [0.3, 0.4) is 0 Å². The predicted octanol–water partition coefficient (Wildman–Crippen LogP) is 4.43. The van der Waals surface area contributed by atoms with Gasteiger partial charge in [-0.15, -0.1) is 0 Å². The number of ether oxygens (including phenoxy) is 2. The molecule has 0 radical (unpaired) electrons. The lowest BCUT2D eigenvalue weighted by molar-refractivity contribution is -0.118. The number of amides is 1. The molecule has 3 aromatic carbocycles. The number of methoxy groups -OCH3 is 1. The molecule has 0 atom stereocenters. The highest BCUT2D eigenvalue weighted by Gasteiger charge is 2.16. The molecule has 0 bridgehead atoms. The van der Waals surface area contributed by atoms with Gasteiger partial charge in [0.05, 0.1) is 22.2 Å². The Morgan fingerprint density at radius 2 is 1.76 bits per heavy atom. The average Bonchev–Trinajstić information content (AvgIpc) is 2.80. The van der Waals surface area contributed by atoms with Crippen LogP contribution in [0.1, 0.15) is 0 Å². The first kappa shape index (κ1) is 25.1. The van der Waals surface area contributed by atoms with E-state index in [-0.39, 0.29) is 41.3 Å². The third kappa shape index (κ3) is 7.48. The molecule has 0 aliphatic heterocycles. The average molecular weight is 507 g/mol. The summed E-state index contributed by atoms with van der Waals surface area (Å²) in [6.45, 7) is 0.0946. The lowest BCUT2D eigenvalue weighted by Crippen LogP contribution is -2.27. The van der Waals surface area contributed by atoms with E-state index in [1.165, 1.54) is 37.1 Å². The molecule has 0 heterocycles. The molecule has 0 aromatic heterocycles. The molecular formula is C23H23ClN2O5S2. The number of benzene rings is 3. The van der Waals surface area contributed by atoms with E-state index in [0.29, 0.717) is 5.69 Å². The van der Waals surface area contributed by atoms with Crippen LogP contribution in [0.5, 0.6) is 5.75 Å². The number of rotatable bonds is 11. The first-order valence-corrected chi connectivity index (χ1v) is 12.6. The highest BCUT2D eigenvalue weighted by molar-refractivity contribution is 7.99. The Balaban J connectivity index is 1.60. The van der Waals surface area contributed by atoms with Crippen molar-refractivity contribution in [3.05, 3.63) is 77.8 Å². The van der Waals surface area contributed by atoms with Crippen LogP contribution < -0.4 is 14.8 Å². The molecule has 0 saturated carbocycles. The van der Waals surface area contributed by atoms with E-state index in [0.717, 1.165) is 9.79 Å². The van der Waals surface area contributed by atoms with Gasteiger partial charge in [0, 0.05) is 23.4 Å². The standard InChI is InChI=1S/C23H23ClN2O5S2/c1-30-14-13-25-33(28,29)18-11-12-21(19(24)15-18)31-16-23(27)26-20-9-5-6-10-22(20)32-17-7-3-2-4-8-17/h2-12,15,25H,13-14,16H2,1H3,(H,26,27). The molecule has 33 heavy (non-hydrogen) atoms. The quantitative estimate of drug-likeness (QED) is 0.374. The van der Waals surface area contributed by atoms with Gasteiger partial charge in [-0.05, 0) is 42.5 Å². The van der Waals surface area contributed by atoms with Crippen molar-refractivity contribution in [3.63, 3.8) is 0 Å².